The summed E-state index contributed by atoms with van der Waals surface area (Å²) in [6.45, 7) is 2.69. The van der Waals surface area contributed by atoms with E-state index < -0.39 is 10.0 Å². The first-order valence-corrected chi connectivity index (χ1v) is 13.8. The highest BCUT2D eigenvalue weighted by atomic mass is 32.2. The van der Waals surface area contributed by atoms with E-state index in [-0.39, 0.29) is 10.8 Å². The molecule has 0 aliphatic carbocycles. The Morgan fingerprint density at radius 2 is 1.77 bits per heavy atom. The number of nitrogens with zero attached hydrogens (tertiary/aromatic N) is 4. The second-order valence-corrected chi connectivity index (χ2v) is 12.0. The van der Waals surface area contributed by atoms with Crippen LogP contribution in [0.5, 0.6) is 0 Å². The SMILES string of the molecule is CCCCN1C(=O)C(=Cc2cc(-c3ccc(S(=O)(=O)N(C)C)cc3)nn2-c2ccccc2)SC1=S. The van der Waals surface area contributed by atoms with Crippen molar-refractivity contribution < 1.29 is 13.2 Å². The third kappa shape index (κ3) is 5.25. The molecule has 1 fully saturated rings. The van der Waals surface area contributed by atoms with Crippen molar-refractivity contribution in [1.82, 2.24) is 19.0 Å². The first-order chi connectivity index (χ1) is 16.7. The van der Waals surface area contributed by atoms with E-state index in [1.165, 1.54) is 30.2 Å². The maximum atomic E-state index is 13.0. The average molecular weight is 527 g/mol. The van der Waals surface area contributed by atoms with Crippen molar-refractivity contribution in [3.8, 4) is 16.9 Å². The Morgan fingerprint density at radius 3 is 2.40 bits per heavy atom. The van der Waals surface area contributed by atoms with Crippen LogP contribution in [-0.2, 0) is 14.8 Å². The fraction of sp³-hybridized carbons (Fsp3) is 0.240. The normalized spacial score (nSPS) is 15.5. The van der Waals surface area contributed by atoms with Crippen molar-refractivity contribution in [3.05, 3.63) is 71.3 Å². The number of thioether (sulfide) groups is 1. The lowest BCUT2D eigenvalue weighted by molar-refractivity contribution is -0.122. The van der Waals surface area contributed by atoms with Crippen molar-refractivity contribution >= 4 is 50.3 Å². The Kier molecular flexibility index (Phi) is 7.56. The highest BCUT2D eigenvalue weighted by Crippen LogP contribution is 2.34. The molecule has 0 radical (unpaired) electrons. The molecule has 0 bridgehead atoms. The highest BCUT2D eigenvalue weighted by molar-refractivity contribution is 8.26. The van der Waals surface area contributed by atoms with E-state index in [0.717, 1.165) is 29.8 Å². The summed E-state index contributed by atoms with van der Waals surface area (Å²) in [5, 5.41) is 4.78. The predicted molar refractivity (Wildman–Crippen MR) is 145 cm³/mol. The highest BCUT2D eigenvalue weighted by Gasteiger charge is 2.32. The largest absolute Gasteiger partial charge is 0.293 e. The molecule has 35 heavy (non-hydrogen) atoms. The van der Waals surface area contributed by atoms with Crippen LogP contribution >= 0.6 is 24.0 Å². The fourth-order valence-corrected chi connectivity index (χ4v) is 5.76. The van der Waals surface area contributed by atoms with Gasteiger partial charge in [0.1, 0.15) is 4.32 Å². The summed E-state index contributed by atoms with van der Waals surface area (Å²) in [5.74, 6) is -0.0888. The molecule has 3 aromatic rings. The summed E-state index contributed by atoms with van der Waals surface area (Å²) < 4.78 is 28.4. The van der Waals surface area contributed by atoms with Crippen LogP contribution < -0.4 is 0 Å². The van der Waals surface area contributed by atoms with Crippen molar-refractivity contribution in [2.45, 2.75) is 24.7 Å². The lowest BCUT2D eigenvalue weighted by Gasteiger charge is -2.13. The van der Waals surface area contributed by atoms with Gasteiger partial charge in [0.2, 0.25) is 10.0 Å². The first kappa shape index (κ1) is 25.3. The second kappa shape index (κ2) is 10.4. The van der Waals surface area contributed by atoms with E-state index in [1.807, 2.05) is 42.5 Å². The van der Waals surface area contributed by atoms with Gasteiger partial charge < -0.3 is 0 Å². The summed E-state index contributed by atoms with van der Waals surface area (Å²) in [4.78, 5) is 15.4. The quantitative estimate of drug-likeness (QED) is 0.310. The maximum Gasteiger partial charge on any atom is 0.266 e. The molecule has 182 valence electrons. The number of benzene rings is 2. The second-order valence-electron chi connectivity index (χ2n) is 8.20. The topological polar surface area (TPSA) is 75.5 Å². The Bertz CT molecular complexity index is 1380. The third-order valence-corrected chi connectivity index (χ3v) is 8.76. The smallest absolute Gasteiger partial charge is 0.266 e. The van der Waals surface area contributed by atoms with E-state index >= 15 is 0 Å². The number of rotatable bonds is 8. The molecule has 4 rings (SSSR count). The minimum absolute atomic E-state index is 0.0888. The van der Waals surface area contributed by atoms with Gasteiger partial charge >= 0.3 is 0 Å². The summed E-state index contributed by atoms with van der Waals surface area (Å²) in [6, 6.07) is 18.2. The first-order valence-electron chi connectivity index (χ1n) is 11.2. The number of hydrogen-bond donors (Lipinski definition) is 0. The zero-order chi connectivity index (χ0) is 25.2. The van der Waals surface area contributed by atoms with Gasteiger partial charge in [-0.1, -0.05) is 67.7 Å². The Labute approximate surface area is 215 Å². The Hall–Kier alpha value is -2.79. The van der Waals surface area contributed by atoms with Crippen LogP contribution in [0.25, 0.3) is 23.0 Å². The molecule has 10 heteroatoms. The molecule has 1 aliphatic heterocycles. The summed E-state index contributed by atoms with van der Waals surface area (Å²) in [6.07, 6.45) is 3.69. The fourth-order valence-electron chi connectivity index (χ4n) is 3.57. The van der Waals surface area contributed by atoms with Crippen LogP contribution in [0.1, 0.15) is 25.5 Å². The molecule has 0 unspecified atom stereocenters. The summed E-state index contributed by atoms with van der Waals surface area (Å²) >= 11 is 6.74. The number of hydrogen-bond acceptors (Lipinski definition) is 6. The zero-order valence-corrected chi connectivity index (χ0v) is 22.2. The molecular weight excluding hydrogens is 501 g/mol. The molecule has 0 N–H and O–H groups in total. The zero-order valence-electron chi connectivity index (χ0n) is 19.7. The van der Waals surface area contributed by atoms with Gasteiger partial charge in [-0.05, 0) is 42.8 Å². The molecule has 1 amide bonds. The van der Waals surface area contributed by atoms with Crippen LogP contribution in [-0.4, -0.2) is 58.3 Å². The van der Waals surface area contributed by atoms with Gasteiger partial charge in [0.25, 0.3) is 5.91 Å². The lowest BCUT2D eigenvalue weighted by Crippen LogP contribution is -2.28. The van der Waals surface area contributed by atoms with Crippen molar-refractivity contribution in [2.24, 2.45) is 0 Å². The predicted octanol–water partition coefficient (Wildman–Crippen LogP) is 4.79. The maximum absolute atomic E-state index is 13.0. The number of carbonyl (C=O) groups is 1. The van der Waals surface area contributed by atoms with E-state index in [0.29, 0.717) is 21.5 Å². The van der Waals surface area contributed by atoms with Crippen LogP contribution in [0.4, 0.5) is 0 Å². The van der Waals surface area contributed by atoms with Gasteiger partial charge in [0.05, 0.1) is 26.9 Å². The number of unbranched alkanes of at least 4 members (excludes halogenated alkanes) is 1. The molecular formula is C25H26N4O3S3. The third-order valence-electron chi connectivity index (χ3n) is 5.55. The van der Waals surface area contributed by atoms with Crippen LogP contribution in [0, 0.1) is 0 Å². The molecule has 0 atom stereocenters. The molecule has 7 nitrogen and oxygen atoms in total. The number of thiocarbonyl (C=S) groups is 1. The minimum atomic E-state index is -3.52. The molecule has 1 aliphatic rings. The van der Waals surface area contributed by atoms with Gasteiger partial charge in [0.15, 0.2) is 0 Å². The van der Waals surface area contributed by atoms with Crippen molar-refractivity contribution in [3.63, 3.8) is 0 Å². The number of sulfonamides is 1. The van der Waals surface area contributed by atoms with Gasteiger partial charge in [-0.15, -0.1) is 0 Å². The van der Waals surface area contributed by atoms with Gasteiger partial charge in [0, 0.05) is 26.2 Å². The van der Waals surface area contributed by atoms with Crippen molar-refractivity contribution in [2.75, 3.05) is 20.6 Å². The standard InChI is InChI=1S/C25H26N4O3S3/c1-4-5-15-28-24(30)23(34-25(28)33)17-20-16-22(26-29(20)19-9-7-6-8-10-19)18-11-13-21(14-12-18)35(31,32)27(2)3/h6-14,16-17H,4-5,15H2,1-3H3. The monoisotopic (exact) mass is 526 g/mol. The number of carbonyl (C=O) groups excluding carboxylic acids is 1. The van der Waals surface area contributed by atoms with Gasteiger partial charge in [-0.3, -0.25) is 9.69 Å². The average Bonchev–Trinajstić information content (AvgIpc) is 3.39. The molecule has 0 spiro atoms. The molecule has 2 aromatic carbocycles. The Balaban J connectivity index is 1.74. The summed E-state index contributed by atoms with van der Waals surface area (Å²) in [5.41, 5.74) is 3.00. The Morgan fingerprint density at radius 1 is 1.09 bits per heavy atom. The van der Waals surface area contributed by atoms with E-state index in [2.05, 4.69) is 6.92 Å². The van der Waals surface area contributed by atoms with Crippen LogP contribution in [0.3, 0.4) is 0 Å². The summed E-state index contributed by atoms with van der Waals surface area (Å²) in [7, 11) is -0.516. The number of amides is 1. The number of para-hydroxylation sites is 1. The minimum Gasteiger partial charge on any atom is -0.293 e. The van der Waals surface area contributed by atoms with Crippen LogP contribution in [0.2, 0.25) is 0 Å². The van der Waals surface area contributed by atoms with Gasteiger partial charge in [-0.25, -0.2) is 17.4 Å². The van der Waals surface area contributed by atoms with Gasteiger partial charge in [-0.2, -0.15) is 5.10 Å². The van der Waals surface area contributed by atoms with E-state index in [9.17, 15) is 13.2 Å². The molecule has 2 heterocycles. The number of aromatic nitrogens is 2. The van der Waals surface area contributed by atoms with E-state index in [4.69, 9.17) is 17.3 Å². The van der Waals surface area contributed by atoms with Crippen molar-refractivity contribution in [1.29, 1.82) is 0 Å². The lowest BCUT2D eigenvalue weighted by atomic mass is 10.1. The molecule has 1 saturated heterocycles. The molecule has 0 saturated carbocycles. The van der Waals surface area contributed by atoms with Crippen LogP contribution in [0.15, 0.2) is 70.5 Å². The van der Waals surface area contributed by atoms with E-state index in [1.54, 1.807) is 33.8 Å². The molecule has 1 aromatic heterocycles.